The van der Waals surface area contributed by atoms with Crippen molar-refractivity contribution in [3.05, 3.63) is 16.6 Å². The maximum Gasteiger partial charge on any atom is 0.224 e. The molecule has 2 rings (SSSR count). The van der Waals surface area contributed by atoms with Crippen molar-refractivity contribution in [3.63, 3.8) is 0 Å². The molecule has 1 atom stereocenters. The SMILES string of the molecule is C[C@@H](CN1CCOCC1)C(=O)NCCc1cscn1. The van der Waals surface area contributed by atoms with Gasteiger partial charge in [0.2, 0.25) is 5.91 Å². The second-order valence-corrected chi connectivity index (χ2v) is 5.55. The number of hydrogen-bond acceptors (Lipinski definition) is 5. The number of aromatic nitrogens is 1. The van der Waals surface area contributed by atoms with Gasteiger partial charge in [-0.2, -0.15) is 0 Å². The minimum absolute atomic E-state index is 0.0218. The van der Waals surface area contributed by atoms with Crippen LogP contribution in [0.2, 0.25) is 0 Å². The lowest BCUT2D eigenvalue weighted by atomic mass is 10.1. The predicted molar refractivity (Wildman–Crippen MR) is 75.3 cm³/mol. The Morgan fingerprint density at radius 2 is 2.37 bits per heavy atom. The number of hydrogen-bond donors (Lipinski definition) is 1. The molecule has 0 aliphatic carbocycles. The van der Waals surface area contributed by atoms with Gasteiger partial charge in [-0.05, 0) is 0 Å². The summed E-state index contributed by atoms with van der Waals surface area (Å²) in [4.78, 5) is 18.4. The van der Waals surface area contributed by atoms with Crippen LogP contribution in [0.15, 0.2) is 10.9 Å². The first-order valence-electron chi connectivity index (χ1n) is 6.70. The van der Waals surface area contributed by atoms with E-state index in [-0.39, 0.29) is 11.8 Å². The molecule has 0 bridgehead atoms. The van der Waals surface area contributed by atoms with Gasteiger partial charge in [-0.1, -0.05) is 6.92 Å². The minimum Gasteiger partial charge on any atom is -0.379 e. The Hall–Kier alpha value is -0.980. The van der Waals surface area contributed by atoms with E-state index in [2.05, 4.69) is 15.2 Å². The lowest BCUT2D eigenvalue weighted by Crippen LogP contribution is -2.43. The Balaban J connectivity index is 1.64. The number of amides is 1. The van der Waals surface area contributed by atoms with Crippen LogP contribution in [-0.2, 0) is 16.0 Å². The third-order valence-corrected chi connectivity index (χ3v) is 3.88. The number of ether oxygens (including phenoxy) is 1. The molecular formula is C13H21N3O2S. The molecule has 1 saturated heterocycles. The van der Waals surface area contributed by atoms with Crippen molar-refractivity contribution in [2.24, 2.45) is 5.92 Å². The van der Waals surface area contributed by atoms with E-state index < -0.39 is 0 Å². The summed E-state index contributed by atoms with van der Waals surface area (Å²) in [6, 6.07) is 0. The van der Waals surface area contributed by atoms with Crippen LogP contribution in [0.25, 0.3) is 0 Å². The topological polar surface area (TPSA) is 54.5 Å². The van der Waals surface area contributed by atoms with E-state index in [1.54, 1.807) is 11.3 Å². The number of nitrogens with one attached hydrogen (secondary N) is 1. The van der Waals surface area contributed by atoms with Crippen LogP contribution in [0.5, 0.6) is 0 Å². The number of nitrogens with zero attached hydrogens (tertiary/aromatic N) is 2. The number of carbonyl (C=O) groups is 1. The average molecular weight is 283 g/mol. The molecule has 0 saturated carbocycles. The lowest BCUT2D eigenvalue weighted by Gasteiger charge is -2.28. The second kappa shape index (κ2) is 7.57. The molecule has 19 heavy (non-hydrogen) atoms. The van der Waals surface area contributed by atoms with Gasteiger partial charge in [0, 0.05) is 43.9 Å². The summed E-state index contributed by atoms with van der Waals surface area (Å²) < 4.78 is 5.30. The van der Waals surface area contributed by atoms with Gasteiger partial charge in [-0.3, -0.25) is 9.69 Å². The summed E-state index contributed by atoms with van der Waals surface area (Å²) >= 11 is 1.59. The van der Waals surface area contributed by atoms with E-state index in [0.29, 0.717) is 6.54 Å². The third kappa shape index (κ3) is 4.89. The molecule has 0 unspecified atom stereocenters. The van der Waals surface area contributed by atoms with Crippen LogP contribution in [-0.4, -0.2) is 55.2 Å². The van der Waals surface area contributed by atoms with Crippen LogP contribution < -0.4 is 5.32 Å². The fourth-order valence-electron chi connectivity index (χ4n) is 2.10. The first kappa shape index (κ1) is 14.4. The molecule has 1 aromatic rings. The quantitative estimate of drug-likeness (QED) is 0.838. The second-order valence-electron chi connectivity index (χ2n) is 4.83. The molecule has 1 aromatic heterocycles. The maximum atomic E-state index is 12.0. The molecule has 0 aromatic carbocycles. The maximum absolute atomic E-state index is 12.0. The average Bonchev–Trinajstić information content (AvgIpc) is 2.93. The molecule has 6 heteroatoms. The van der Waals surface area contributed by atoms with Gasteiger partial charge in [-0.25, -0.2) is 4.98 Å². The fraction of sp³-hybridized carbons (Fsp3) is 0.692. The number of morpholine rings is 1. The fourth-order valence-corrected chi connectivity index (χ4v) is 2.70. The van der Waals surface area contributed by atoms with E-state index in [4.69, 9.17) is 4.74 Å². The summed E-state index contributed by atoms with van der Waals surface area (Å²) in [6.07, 6.45) is 0.805. The van der Waals surface area contributed by atoms with Gasteiger partial charge >= 0.3 is 0 Å². The first-order chi connectivity index (χ1) is 9.25. The van der Waals surface area contributed by atoms with Crippen LogP contribution >= 0.6 is 11.3 Å². The lowest BCUT2D eigenvalue weighted by molar-refractivity contribution is -0.125. The Bertz CT molecular complexity index is 377. The van der Waals surface area contributed by atoms with E-state index in [1.807, 2.05) is 17.8 Å². The molecule has 2 heterocycles. The zero-order valence-electron chi connectivity index (χ0n) is 11.3. The van der Waals surface area contributed by atoms with Crippen molar-refractivity contribution >= 4 is 17.2 Å². The number of thiazole rings is 1. The number of carbonyl (C=O) groups excluding carboxylic acids is 1. The standard InChI is InChI=1S/C13H21N3O2S/c1-11(8-16-4-6-18-7-5-16)13(17)14-3-2-12-9-19-10-15-12/h9-11H,2-8H2,1H3,(H,14,17)/t11-/m0/s1. The molecule has 1 N–H and O–H groups in total. The largest absolute Gasteiger partial charge is 0.379 e. The summed E-state index contributed by atoms with van der Waals surface area (Å²) in [5, 5.41) is 5.00. The first-order valence-corrected chi connectivity index (χ1v) is 7.65. The van der Waals surface area contributed by atoms with Crippen molar-refractivity contribution in [2.45, 2.75) is 13.3 Å². The highest BCUT2D eigenvalue weighted by Gasteiger charge is 2.18. The van der Waals surface area contributed by atoms with Crippen molar-refractivity contribution in [2.75, 3.05) is 39.4 Å². The van der Waals surface area contributed by atoms with Crippen molar-refractivity contribution in [3.8, 4) is 0 Å². The Morgan fingerprint density at radius 3 is 3.05 bits per heavy atom. The zero-order valence-corrected chi connectivity index (χ0v) is 12.1. The Morgan fingerprint density at radius 1 is 1.58 bits per heavy atom. The summed E-state index contributed by atoms with van der Waals surface area (Å²) in [6.45, 7) is 6.86. The molecule has 1 fully saturated rings. The monoisotopic (exact) mass is 283 g/mol. The van der Waals surface area contributed by atoms with Crippen molar-refractivity contribution in [1.29, 1.82) is 0 Å². The van der Waals surface area contributed by atoms with E-state index in [1.165, 1.54) is 0 Å². The van der Waals surface area contributed by atoms with Gasteiger partial charge in [0.05, 0.1) is 24.4 Å². The van der Waals surface area contributed by atoms with E-state index >= 15 is 0 Å². The molecule has 1 amide bonds. The molecule has 106 valence electrons. The van der Waals surface area contributed by atoms with Gasteiger partial charge in [0.15, 0.2) is 0 Å². The molecule has 5 nitrogen and oxygen atoms in total. The van der Waals surface area contributed by atoms with Gasteiger partial charge in [0.25, 0.3) is 0 Å². The van der Waals surface area contributed by atoms with Crippen LogP contribution in [0.1, 0.15) is 12.6 Å². The normalized spacial score (nSPS) is 18.2. The molecule has 1 aliphatic heterocycles. The molecule has 0 spiro atoms. The number of rotatable bonds is 6. The minimum atomic E-state index is 0.0218. The highest BCUT2D eigenvalue weighted by molar-refractivity contribution is 7.07. The van der Waals surface area contributed by atoms with Crippen molar-refractivity contribution in [1.82, 2.24) is 15.2 Å². The highest BCUT2D eigenvalue weighted by atomic mass is 32.1. The van der Waals surface area contributed by atoms with Gasteiger partial charge in [-0.15, -0.1) is 11.3 Å². The third-order valence-electron chi connectivity index (χ3n) is 3.25. The van der Waals surface area contributed by atoms with Gasteiger partial charge in [0.1, 0.15) is 0 Å². The molecule has 0 radical (unpaired) electrons. The smallest absolute Gasteiger partial charge is 0.224 e. The van der Waals surface area contributed by atoms with E-state index in [9.17, 15) is 4.79 Å². The molecular weight excluding hydrogens is 262 g/mol. The van der Waals surface area contributed by atoms with Crippen LogP contribution in [0.3, 0.4) is 0 Å². The van der Waals surface area contributed by atoms with Crippen molar-refractivity contribution < 1.29 is 9.53 Å². The summed E-state index contributed by atoms with van der Waals surface area (Å²) in [5.74, 6) is 0.148. The Labute approximate surface area is 118 Å². The summed E-state index contributed by atoms with van der Waals surface area (Å²) in [7, 11) is 0. The molecule has 1 aliphatic rings. The predicted octanol–water partition coefficient (Wildman–Crippen LogP) is 0.770. The highest BCUT2D eigenvalue weighted by Crippen LogP contribution is 2.04. The van der Waals surface area contributed by atoms with Gasteiger partial charge < -0.3 is 10.1 Å². The summed E-state index contributed by atoms with van der Waals surface area (Å²) in [5.41, 5.74) is 2.87. The van der Waals surface area contributed by atoms with Crippen LogP contribution in [0.4, 0.5) is 0 Å². The van der Waals surface area contributed by atoms with E-state index in [0.717, 1.165) is 45.0 Å². The zero-order chi connectivity index (χ0) is 13.5. The Kier molecular flexibility index (Phi) is 5.75. The van der Waals surface area contributed by atoms with Crippen LogP contribution in [0, 0.1) is 5.92 Å².